The van der Waals surface area contributed by atoms with Gasteiger partial charge in [0.05, 0.1) is 0 Å². The third kappa shape index (κ3) is 2.25. The van der Waals surface area contributed by atoms with Crippen LogP contribution >= 0.6 is 0 Å². The van der Waals surface area contributed by atoms with Gasteiger partial charge in [0, 0.05) is 5.92 Å². The summed E-state index contributed by atoms with van der Waals surface area (Å²) >= 11 is 0. The van der Waals surface area contributed by atoms with Gasteiger partial charge in [-0.25, -0.2) is 9.89 Å². The van der Waals surface area contributed by atoms with E-state index in [0.717, 1.165) is 0 Å². The number of aromatic nitrogens is 3. The van der Waals surface area contributed by atoms with Crippen LogP contribution in [0, 0.1) is 17.8 Å². The molecule has 0 unspecified atom stereocenters. The van der Waals surface area contributed by atoms with E-state index < -0.39 is 5.54 Å². The molecule has 0 fully saturated rings. The molecule has 0 aromatic carbocycles. The van der Waals surface area contributed by atoms with Crippen molar-refractivity contribution >= 4 is 0 Å². The summed E-state index contributed by atoms with van der Waals surface area (Å²) < 4.78 is 1.49. The van der Waals surface area contributed by atoms with Gasteiger partial charge in [0.2, 0.25) is 0 Å². The van der Waals surface area contributed by atoms with Crippen molar-refractivity contribution in [3.63, 3.8) is 0 Å². The Bertz CT molecular complexity index is 414. The predicted octanol–water partition coefficient (Wildman–Crippen LogP) is 0.966. The van der Waals surface area contributed by atoms with Crippen LogP contribution < -0.4 is 5.69 Å². The molecular formula is C10H15N3O. The van der Waals surface area contributed by atoms with Gasteiger partial charge in [-0.2, -0.15) is 5.10 Å². The lowest BCUT2D eigenvalue weighted by Crippen LogP contribution is -2.33. The second kappa shape index (κ2) is 3.70. The van der Waals surface area contributed by atoms with E-state index in [1.165, 1.54) is 10.9 Å². The van der Waals surface area contributed by atoms with Gasteiger partial charge in [-0.1, -0.05) is 25.7 Å². The summed E-state index contributed by atoms with van der Waals surface area (Å²) in [5, 5.41) is 6.02. The van der Waals surface area contributed by atoms with E-state index in [1.807, 2.05) is 27.7 Å². The van der Waals surface area contributed by atoms with Crippen molar-refractivity contribution in [2.24, 2.45) is 5.92 Å². The number of hydrogen-bond donors (Lipinski definition) is 1. The van der Waals surface area contributed by atoms with E-state index in [2.05, 4.69) is 22.0 Å². The largest absolute Gasteiger partial charge is 0.344 e. The van der Waals surface area contributed by atoms with Crippen LogP contribution in [-0.4, -0.2) is 14.8 Å². The first-order valence-electron chi connectivity index (χ1n) is 4.58. The lowest BCUT2D eigenvalue weighted by molar-refractivity contribution is 0.458. The Kier molecular flexibility index (Phi) is 2.80. The highest BCUT2D eigenvalue weighted by Gasteiger charge is 2.18. The van der Waals surface area contributed by atoms with Crippen molar-refractivity contribution < 1.29 is 0 Å². The molecule has 4 nitrogen and oxygen atoms in total. The quantitative estimate of drug-likeness (QED) is 0.675. The molecule has 0 radical (unpaired) electrons. The van der Waals surface area contributed by atoms with Gasteiger partial charge >= 0.3 is 5.69 Å². The summed E-state index contributed by atoms with van der Waals surface area (Å²) in [6.07, 6.45) is 1.47. The standard InChI is InChI=1S/C10H15N3O/c1-8(2)5-6-10(3,4)13-7-11-12-9(13)14/h7-8H,1-4H3,(H,12,14). The zero-order valence-electron chi connectivity index (χ0n) is 8.96. The van der Waals surface area contributed by atoms with Crippen molar-refractivity contribution in [3.05, 3.63) is 16.8 Å². The first-order chi connectivity index (χ1) is 6.43. The molecule has 0 aliphatic carbocycles. The molecule has 0 atom stereocenters. The van der Waals surface area contributed by atoms with Crippen LogP contribution in [0.4, 0.5) is 0 Å². The van der Waals surface area contributed by atoms with Crippen LogP contribution in [0.15, 0.2) is 11.1 Å². The lowest BCUT2D eigenvalue weighted by Gasteiger charge is -2.17. The zero-order valence-corrected chi connectivity index (χ0v) is 8.96. The van der Waals surface area contributed by atoms with Crippen LogP contribution in [0.1, 0.15) is 27.7 Å². The highest BCUT2D eigenvalue weighted by molar-refractivity contribution is 5.13. The monoisotopic (exact) mass is 193 g/mol. The smallest absolute Gasteiger partial charge is 0.265 e. The summed E-state index contributed by atoms with van der Waals surface area (Å²) in [5.74, 6) is 6.41. The molecule has 1 aromatic rings. The number of rotatable bonds is 1. The minimum atomic E-state index is -0.506. The number of hydrogen-bond acceptors (Lipinski definition) is 2. The van der Waals surface area contributed by atoms with Crippen molar-refractivity contribution in [2.75, 3.05) is 0 Å². The highest BCUT2D eigenvalue weighted by atomic mass is 16.1. The lowest BCUT2D eigenvalue weighted by atomic mass is 10.1. The fourth-order valence-corrected chi connectivity index (χ4v) is 1.03. The molecule has 14 heavy (non-hydrogen) atoms. The maximum absolute atomic E-state index is 11.3. The molecule has 4 heteroatoms. The van der Waals surface area contributed by atoms with Gasteiger partial charge in [0.25, 0.3) is 0 Å². The third-order valence-electron chi connectivity index (χ3n) is 1.82. The van der Waals surface area contributed by atoms with E-state index in [4.69, 9.17) is 0 Å². The SMILES string of the molecule is CC(C)C#CC(C)(C)n1cn[nH]c1=O. The first-order valence-corrected chi connectivity index (χ1v) is 4.58. The van der Waals surface area contributed by atoms with Crippen molar-refractivity contribution in [3.8, 4) is 11.8 Å². The fourth-order valence-electron chi connectivity index (χ4n) is 1.03. The van der Waals surface area contributed by atoms with Gasteiger partial charge in [0.1, 0.15) is 11.9 Å². The van der Waals surface area contributed by atoms with E-state index in [9.17, 15) is 4.79 Å². The Balaban J connectivity index is 3.05. The predicted molar refractivity (Wildman–Crippen MR) is 54.8 cm³/mol. The van der Waals surface area contributed by atoms with E-state index in [0.29, 0.717) is 5.92 Å². The molecule has 0 spiro atoms. The Labute approximate surface area is 83.3 Å². The molecule has 76 valence electrons. The van der Waals surface area contributed by atoms with Gasteiger partial charge in [0.15, 0.2) is 0 Å². The molecule has 0 saturated carbocycles. The Hall–Kier alpha value is -1.50. The van der Waals surface area contributed by atoms with E-state index in [-0.39, 0.29) is 5.69 Å². The number of aromatic amines is 1. The van der Waals surface area contributed by atoms with Gasteiger partial charge in [-0.3, -0.25) is 4.57 Å². The molecule has 1 rings (SSSR count). The molecule has 0 aliphatic rings. The summed E-state index contributed by atoms with van der Waals surface area (Å²) in [6, 6.07) is 0. The fraction of sp³-hybridized carbons (Fsp3) is 0.600. The van der Waals surface area contributed by atoms with Gasteiger partial charge in [-0.15, -0.1) is 0 Å². The maximum Gasteiger partial charge on any atom is 0.344 e. The summed E-state index contributed by atoms with van der Waals surface area (Å²) in [4.78, 5) is 11.3. The zero-order chi connectivity index (χ0) is 10.8. The van der Waals surface area contributed by atoms with Crippen molar-refractivity contribution in [2.45, 2.75) is 33.2 Å². The van der Waals surface area contributed by atoms with E-state index >= 15 is 0 Å². The first kappa shape index (κ1) is 10.6. The van der Waals surface area contributed by atoms with Crippen LogP contribution in [0.25, 0.3) is 0 Å². The molecule has 1 aromatic heterocycles. The molecule has 0 aliphatic heterocycles. The van der Waals surface area contributed by atoms with Crippen LogP contribution in [0.3, 0.4) is 0 Å². The van der Waals surface area contributed by atoms with E-state index in [1.54, 1.807) is 0 Å². The Morgan fingerprint density at radius 3 is 2.64 bits per heavy atom. The van der Waals surface area contributed by atoms with Gasteiger partial charge < -0.3 is 0 Å². The molecule has 0 amide bonds. The molecule has 0 bridgehead atoms. The maximum atomic E-state index is 11.3. The normalized spacial score (nSPS) is 11.2. The second-order valence-electron chi connectivity index (χ2n) is 4.01. The average Bonchev–Trinajstić information content (AvgIpc) is 2.48. The topological polar surface area (TPSA) is 50.7 Å². The minimum Gasteiger partial charge on any atom is -0.265 e. The summed E-state index contributed by atoms with van der Waals surface area (Å²) in [5.41, 5.74) is -0.734. The Morgan fingerprint density at radius 1 is 1.57 bits per heavy atom. The summed E-state index contributed by atoms with van der Waals surface area (Å²) in [6.45, 7) is 7.81. The van der Waals surface area contributed by atoms with Gasteiger partial charge in [-0.05, 0) is 13.8 Å². The minimum absolute atomic E-state index is 0.229. The number of nitrogens with zero attached hydrogens (tertiary/aromatic N) is 2. The molecule has 1 heterocycles. The highest BCUT2D eigenvalue weighted by Crippen LogP contribution is 2.09. The van der Waals surface area contributed by atoms with Crippen molar-refractivity contribution in [1.82, 2.24) is 14.8 Å². The van der Waals surface area contributed by atoms with Crippen molar-refractivity contribution in [1.29, 1.82) is 0 Å². The second-order valence-corrected chi connectivity index (χ2v) is 4.01. The van der Waals surface area contributed by atoms with Crippen LogP contribution in [-0.2, 0) is 5.54 Å². The molecule has 0 saturated heterocycles. The van der Waals surface area contributed by atoms with Crippen LogP contribution in [0.2, 0.25) is 0 Å². The Morgan fingerprint density at radius 2 is 2.21 bits per heavy atom. The molecular weight excluding hydrogens is 178 g/mol. The number of H-pyrrole nitrogens is 1. The average molecular weight is 193 g/mol. The number of nitrogens with one attached hydrogen (secondary N) is 1. The molecule has 1 N–H and O–H groups in total. The summed E-state index contributed by atoms with van der Waals surface area (Å²) in [7, 11) is 0. The third-order valence-corrected chi connectivity index (χ3v) is 1.82. The van der Waals surface area contributed by atoms with Crippen LogP contribution in [0.5, 0.6) is 0 Å².